The summed E-state index contributed by atoms with van der Waals surface area (Å²) >= 11 is 0. The molecule has 102 valence electrons. The highest BCUT2D eigenvalue weighted by Crippen LogP contribution is 2.25. The number of para-hydroxylation sites is 2. The van der Waals surface area contributed by atoms with Crippen LogP contribution in [0, 0.1) is 6.92 Å². The molecule has 0 bridgehead atoms. The van der Waals surface area contributed by atoms with E-state index in [1.54, 1.807) is 7.11 Å². The van der Waals surface area contributed by atoms with Crippen LogP contribution in [0.3, 0.4) is 0 Å². The molecule has 0 amide bonds. The number of fused-ring (bicyclic) bond motifs is 1. The van der Waals surface area contributed by atoms with Crippen LogP contribution in [-0.2, 0) is 6.54 Å². The second-order valence-corrected chi connectivity index (χ2v) is 4.81. The maximum Gasteiger partial charge on any atom is 0.125 e. The Morgan fingerprint density at radius 2 is 2.00 bits per heavy atom. The predicted octanol–water partition coefficient (Wildman–Crippen LogP) is 2.98. The second kappa shape index (κ2) is 4.89. The summed E-state index contributed by atoms with van der Waals surface area (Å²) in [7, 11) is 1.66. The van der Waals surface area contributed by atoms with Gasteiger partial charge in [-0.3, -0.25) is 0 Å². The molecule has 0 spiro atoms. The normalized spacial score (nSPS) is 10.9. The summed E-state index contributed by atoms with van der Waals surface area (Å²) in [4.78, 5) is 4.58. The number of aryl methyl sites for hydroxylation is 1. The van der Waals surface area contributed by atoms with E-state index in [0.29, 0.717) is 5.69 Å². The Morgan fingerprint density at radius 1 is 1.20 bits per heavy atom. The van der Waals surface area contributed by atoms with Crippen LogP contribution in [0.4, 0.5) is 5.69 Å². The maximum atomic E-state index is 5.80. The lowest BCUT2D eigenvalue weighted by atomic mass is 10.1. The van der Waals surface area contributed by atoms with Crippen LogP contribution in [-0.4, -0.2) is 16.7 Å². The first kappa shape index (κ1) is 12.5. The number of ether oxygens (including phenoxy) is 1. The van der Waals surface area contributed by atoms with Crippen molar-refractivity contribution < 1.29 is 4.74 Å². The summed E-state index contributed by atoms with van der Waals surface area (Å²) in [5, 5.41) is 0. The second-order valence-electron chi connectivity index (χ2n) is 4.81. The SMILES string of the molecule is COc1cc(N)ccc1Cn1c(C)nc2ccccc21. The molecule has 4 nitrogen and oxygen atoms in total. The van der Waals surface area contributed by atoms with Crippen molar-refractivity contribution in [2.75, 3.05) is 12.8 Å². The summed E-state index contributed by atoms with van der Waals surface area (Å²) in [5.41, 5.74) is 9.74. The van der Waals surface area contributed by atoms with Crippen molar-refractivity contribution in [2.24, 2.45) is 0 Å². The molecule has 3 aromatic rings. The minimum atomic E-state index is 0.706. The molecule has 2 aromatic carbocycles. The van der Waals surface area contributed by atoms with Gasteiger partial charge < -0.3 is 15.0 Å². The highest BCUT2D eigenvalue weighted by atomic mass is 16.5. The summed E-state index contributed by atoms with van der Waals surface area (Å²) in [6.45, 7) is 2.74. The first-order valence-corrected chi connectivity index (χ1v) is 6.53. The lowest BCUT2D eigenvalue weighted by molar-refractivity contribution is 0.408. The third kappa shape index (κ3) is 2.09. The van der Waals surface area contributed by atoms with Crippen molar-refractivity contribution in [1.29, 1.82) is 0 Å². The molecule has 0 aliphatic heterocycles. The summed E-state index contributed by atoms with van der Waals surface area (Å²) < 4.78 is 7.60. The maximum absolute atomic E-state index is 5.80. The van der Waals surface area contributed by atoms with E-state index < -0.39 is 0 Å². The summed E-state index contributed by atoms with van der Waals surface area (Å²) in [6, 6.07) is 13.9. The number of methoxy groups -OCH3 is 1. The molecular formula is C16H17N3O. The largest absolute Gasteiger partial charge is 0.496 e. The average Bonchev–Trinajstić information content (AvgIpc) is 2.77. The van der Waals surface area contributed by atoms with E-state index in [9.17, 15) is 0 Å². The van der Waals surface area contributed by atoms with Crippen molar-refractivity contribution in [3.8, 4) is 5.75 Å². The molecule has 0 aliphatic carbocycles. The topological polar surface area (TPSA) is 53.1 Å². The molecule has 2 N–H and O–H groups in total. The minimum Gasteiger partial charge on any atom is -0.496 e. The Morgan fingerprint density at radius 3 is 2.80 bits per heavy atom. The zero-order valence-corrected chi connectivity index (χ0v) is 11.6. The zero-order chi connectivity index (χ0) is 14.1. The van der Waals surface area contributed by atoms with E-state index in [-0.39, 0.29) is 0 Å². The van der Waals surface area contributed by atoms with Crippen LogP contribution in [0.2, 0.25) is 0 Å². The molecule has 3 rings (SSSR count). The summed E-state index contributed by atoms with van der Waals surface area (Å²) in [6.07, 6.45) is 0. The van der Waals surface area contributed by atoms with Gasteiger partial charge in [0.1, 0.15) is 11.6 Å². The molecule has 1 aromatic heterocycles. The number of rotatable bonds is 3. The average molecular weight is 267 g/mol. The Labute approximate surface area is 117 Å². The molecule has 20 heavy (non-hydrogen) atoms. The van der Waals surface area contributed by atoms with Crippen molar-refractivity contribution in [2.45, 2.75) is 13.5 Å². The fourth-order valence-electron chi connectivity index (χ4n) is 2.46. The highest BCUT2D eigenvalue weighted by Gasteiger charge is 2.10. The van der Waals surface area contributed by atoms with Crippen molar-refractivity contribution in [1.82, 2.24) is 9.55 Å². The quantitative estimate of drug-likeness (QED) is 0.742. The molecule has 0 unspecified atom stereocenters. The van der Waals surface area contributed by atoms with Gasteiger partial charge in [-0.15, -0.1) is 0 Å². The van der Waals surface area contributed by atoms with Crippen molar-refractivity contribution in [3.05, 3.63) is 53.9 Å². The molecule has 0 atom stereocenters. The lowest BCUT2D eigenvalue weighted by Crippen LogP contribution is -2.04. The smallest absolute Gasteiger partial charge is 0.125 e. The van der Waals surface area contributed by atoms with Gasteiger partial charge >= 0.3 is 0 Å². The third-order valence-corrected chi connectivity index (χ3v) is 3.48. The van der Waals surface area contributed by atoms with Gasteiger partial charge in [0.25, 0.3) is 0 Å². The molecule has 0 fully saturated rings. The van der Waals surface area contributed by atoms with E-state index in [2.05, 4.69) is 15.6 Å². The van der Waals surface area contributed by atoms with Gasteiger partial charge in [0, 0.05) is 17.3 Å². The Kier molecular flexibility index (Phi) is 3.06. The number of benzene rings is 2. The van der Waals surface area contributed by atoms with Gasteiger partial charge in [0.05, 0.1) is 24.7 Å². The lowest BCUT2D eigenvalue weighted by Gasteiger charge is -2.12. The Balaban J connectivity index is 2.07. The number of hydrogen-bond acceptors (Lipinski definition) is 3. The van der Waals surface area contributed by atoms with Gasteiger partial charge in [-0.2, -0.15) is 0 Å². The molecule has 1 heterocycles. The number of anilines is 1. The molecule has 0 saturated carbocycles. The van der Waals surface area contributed by atoms with Gasteiger partial charge in [-0.05, 0) is 25.1 Å². The number of hydrogen-bond donors (Lipinski definition) is 1. The number of imidazole rings is 1. The predicted molar refractivity (Wildman–Crippen MR) is 81.0 cm³/mol. The fraction of sp³-hybridized carbons (Fsp3) is 0.188. The number of nitrogen functional groups attached to an aromatic ring is 1. The Bertz CT molecular complexity index is 762. The van der Waals surface area contributed by atoms with E-state index in [1.807, 2.05) is 43.3 Å². The molecule has 4 heteroatoms. The Hall–Kier alpha value is -2.49. The number of aromatic nitrogens is 2. The zero-order valence-electron chi connectivity index (χ0n) is 11.6. The molecule has 0 saturated heterocycles. The van der Waals surface area contributed by atoms with E-state index >= 15 is 0 Å². The van der Waals surface area contributed by atoms with Crippen molar-refractivity contribution >= 4 is 16.7 Å². The van der Waals surface area contributed by atoms with E-state index in [1.165, 1.54) is 0 Å². The molecule has 0 aliphatic rings. The van der Waals surface area contributed by atoms with Crippen molar-refractivity contribution in [3.63, 3.8) is 0 Å². The minimum absolute atomic E-state index is 0.706. The van der Waals surface area contributed by atoms with Gasteiger partial charge in [-0.25, -0.2) is 4.98 Å². The third-order valence-electron chi connectivity index (χ3n) is 3.48. The van der Waals surface area contributed by atoms with Crippen LogP contribution in [0.15, 0.2) is 42.5 Å². The van der Waals surface area contributed by atoms with Gasteiger partial charge in [-0.1, -0.05) is 18.2 Å². The number of nitrogens with zero attached hydrogens (tertiary/aromatic N) is 2. The van der Waals surface area contributed by atoms with Crippen LogP contribution >= 0.6 is 0 Å². The fourth-order valence-corrected chi connectivity index (χ4v) is 2.46. The van der Waals surface area contributed by atoms with Gasteiger partial charge in [0.15, 0.2) is 0 Å². The van der Waals surface area contributed by atoms with Crippen LogP contribution in [0.1, 0.15) is 11.4 Å². The first-order valence-electron chi connectivity index (χ1n) is 6.53. The van der Waals surface area contributed by atoms with Gasteiger partial charge in [0.2, 0.25) is 0 Å². The standard InChI is InChI=1S/C16H17N3O/c1-11-18-14-5-3-4-6-15(14)19(11)10-12-7-8-13(17)9-16(12)20-2/h3-9H,10,17H2,1-2H3. The molecular weight excluding hydrogens is 250 g/mol. The van der Waals surface area contributed by atoms with E-state index in [0.717, 1.165) is 34.7 Å². The first-order chi connectivity index (χ1) is 9.69. The van der Waals surface area contributed by atoms with E-state index in [4.69, 9.17) is 10.5 Å². The summed E-state index contributed by atoms with van der Waals surface area (Å²) in [5.74, 6) is 1.80. The highest BCUT2D eigenvalue weighted by molar-refractivity contribution is 5.76. The molecule has 0 radical (unpaired) electrons. The number of nitrogens with two attached hydrogens (primary N) is 1. The van der Waals surface area contributed by atoms with Crippen LogP contribution in [0.5, 0.6) is 5.75 Å². The van der Waals surface area contributed by atoms with Crippen LogP contribution in [0.25, 0.3) is 11.0 Å². The van der Waals surface area contributed by atoms with Crippen LogP contribution < -0.4 is 10.5 Å². The monoisotopic (exact) mass is 267 g/mol.